The fourth-order valence-corrected chi connectivity index (χ4v) is 5.52. The van der Waals surface area contributed by atoms with E-state index in [0.717, 1.165) is 69.4 Å². The summed E-state index contributed by atoms with van der Waals surface area (Å²) in [6.07, 6.45) is 8.88. The number of rotatable bonds is 5. The van der Waals surface area contributed by atoms with Gasteiger partial charge in [-0.15, -0.1) is 5.10 Å². The number of fused-ring (bicyclic) bond motifs is 1. The number of piperazine rings is 1. The molecule has 5 rings (SSSR count). The van der Waals surface area contributed by atoms with Crippen LogP contribution in [0.5, 0.6) is 0 Å². The van der Waals surface area contributed by atoms with Gasteiger partial charge >= 0.3 is 12.1 Å². The number of halogens is 3. The van der Waals surface area contributed by atoms with Gasteiger partial charge < -0.3 is 14.5 Å². The molecule has 1 aliphatic heterocycles. The van der Waals surface area contributed by atoms with E-state index < -0.39 is 23.3 Å². The van der Waals surface area contributed by atoms with Crippen molar-refractivity contribution in [2.75, 3.05) is 36.5 Å². The fraction of sp³-hybridized carbons (Fsp3) is 0.481. The first-order chi connectivity index (χ1) is 17.8. The maximum atomic E-state index is 13.7. The lowest BCUT2D eigenvalue weighted by Crippen LogP contribution is -2.53. The number of methoxy groups -OCH3 is 1. The summed E-state index contributed by atoms with van der Waals surface area (Å²) < 4.78 is 45.6. The molecule has 7 nitrogen and oxygen atoms in total. The number of aromatic nitrogens is 3. The van der Waals surface area contributed by atoms with Crippen molar-refractivity contribution in [2.24, 2.45) is 0 Å². The fourth-order valence-electron chi connectivity index (χ4n) is 5.52. The van der Waals surface area contributed by atoms with Crippen LogP contribution in [0.1, 0.15) is 58.9 Å². The standard InChI is InChI=1S/C27H30F3N5O2/c1-17-16-34(11-12-35(17)24-14-22(27(28,29)30)21(15-31-24)26(36)37-2)25-20-10-6-9-19(20)23(32-33-25)13-18-7-4-3-5-8-18/h4,7-8,14-15,17H,3,5-6,9-13,16H2,1-2H3/t17-/m1/s1. The Hall–Kier alpha value is -3.43. The molecule has 0 amide bonds. The quantitative estimate of drug-likeness (QED) is 0.537. The van der Waals surface area contributed by atoms with Crippen LogP contribution in [0.3, 0.4) is 0 Å². The van der Waals surface area contributed by atoms with E-state index in [0.29, 0.717) is 19.6 Å². The first-order valence-corrected chi connectivity index (χ1v) is 12.7. The van der Waals surface area contributed by atoms with Crippen LogP contribution in [-0.2, 0) is 30.2 Å². The number of carbonyl (C=O) groups excluding carboxylic acids is 1. The number of alkyl halides is 3. The Kier molecular flexibility index (Phi) is 6.92. The number of nitrogens with zero attached hydrogens (tertiary/aromatic N) is 5. The van der Waals surface area contributed by atoms with Crippen molar-refractivity contribution in [3.05, 3.63) is 64.0 Å². The lowest BCUT2D eigenvalue weighted by atomic mass is 9.99. The van der Waals surface area contributed by atoms with E-state index in [1.54, 1.807) is 0 Å². The summed E-state index contributed by atoms with van der Waals surface area (Å²) in [6, 6.07) is 0.821. The van der Waals surface area contributed by atoms with Crippen molar-refractivity contribution < 1.29 is 22.7 Å². The van der Waals surface area contributed by atoms with Crippen molar-refractivity contribution >= 4 is 17.6 Å². The van der Waals surface area contributed by atoms with Crippen molar-refractivity contribution in [1.29, 1.82) is 0 Å². The maximum absolute atomic E-state index is 13.7. The predicted octanol–water partition coefficient (Wildman–Crippen LogP) is 4.70. The van der Waals surface area contributed by atoms with E-state index in [2.05, 4.69) is 43.0 Å². The summed E-state index contributed by atoms with van der Waals surface area (Å²) in [5, 5.41) is 9.28. The first-order valence-electron chi connectivity index (χ1n) is 12.7. The van der Waals surface area contributed by atoms with Gasteiger partial charge in [0.1, 0.15) is 5.82 Å². The molecule has 1 atom stereocenters. The summed E-state index contributed by atoms with van der Waals surface area (Å²) in [5.41, 5.74) is 3.27. The summed E-state index contributed by atoms with van der Waals surface area (Å²) >= 11 is 0. The molecule has 2 aromatic rings. The van der Waals surface area contributed by atoms with Crippen LogP contribution in [0, 0.1) is 0 Å². The highest BCUT2D eigenvalue weighted by atomic mass is 19.4. The molecule has 2 aromatic heterocycles. The Morgan fingerprint density at radius 2 is 1.97 bits per heavy atom. The van der Waals surface area contributed by atoms with Crippen LogP contribution in [0.2, 0.25) is 0 Å². The number of allylic oxidation sites excluding steroid dienone is 4. The van der Waals surface area contributed by atoms with Gasteiger partial charge in [-0.2, -0.15) is 18.3 Å². The SMILES string of the molecule is COC(=O)c1cnc(N2CCN(c3nnc(CC4=CCCC=C4)c4c3CCC4)C[C@H]2C)cc1C(F)(F)F. The van der Waals surface area contributed by atoms with Crippen LogP contribution < -0.4 is 9.80 Å². The lowest BCUT2D eigenvalue weighted by molar-refractivity contribution is -0.138. The second-order valence-electron chi connectivity index (χ2n) is 9.78. The van der Waals surface area contributed by atoms with Gasteiger partial charge in [0.05, 0.1) is 23.9 Å². The summed E-state index contributed by atoms with van der Waals surface area (Å²) in [7, 11) is 1.05. The number of hydrogen-bond acceptors (Lipinski definition) is 7. The van der Waals surface area contributed by atoms with Gasteiger partial charge in [-0.25, -0.2) is 9.78 Å². The molecule has 2 aliphatic carbocycles. The Morgan fingerprint density at radius 1 is 1.16 bits per heavy atom. The van der Waals surface area contributed by atoms with Gasteiger partial charge in [0.15, 0.2) is 5.82 Å². The maximum Gasteiger partial charge on any atom is 0.417 e. The molecule has 1 saturated heterocycles. The Morgan fingerprint density at radius 3 is 2.68 bits per heavy atom. The van der Waals surface area contributed by atoms with E-state index in [-0.39, 0.29) is 11.9 Å². The number of hydrogen-bond donors (Lipinski definition) is 0. The van der Waals surface area contributed by atoms with Crippen molar-refractivity contribution in [3.63, 3.8) is 0 Å². The largest absolute Gasteiger partial charge is 0.465 e. The monoisotopic (exact) mass is 513 g/mol. The van der Waals surface area contributed by atoms with Crippen molar-refractivity contribution in [3.8, 4) is 0 Å². The van der Waals surface area contributed by atoms with Crippen molar-refractivity contribution in [1.82, 2.24) is 15.2 Å². The van der Waals surface area contributed by atoms with Gasteiger partial charge in [-0.05, 0) is 56.2 Å². The minimum absolute atomic E-state index is 0.123. The summed E-state index contributed by atoms with van der Waals surface area (Å²) in [4.78, 5) is 20.1. The van der Waals surface area contributed by atoms with E-state index in [4.69, 9.17) is 0 Å². The summed E-state index contributed by atoms with van der Waals surface area (Å²) in [6.45, 7) is 3.59. The molecule has 0 saturated carbocycles. The Bertz CT molecular complexity index is 1260. The van der Waals surface area contributed by atoms with Crippen LogP contribution >= 0.6 is 0 Å². The molecular formula is C27H30F3N5O2. The molecule has 10 heteroatoms. The number of anilines is 2. The normalized spacial score (nSPS) is 19.6. The third-order valence-corrected chi connectivity index (χ3v) is 7.37. The molecule has 0 spiro atoms. The molecule has 37 heavy (non-hydrogen) atoms. The highest BCUT2D eigenvalue weighted by Gasteiger charge is 2.38. The second-order valence-corrected chi connectivity index (χ2v) is 9.78. The zero-order valence-corrected chi connectivity index (χ0v) is 21.0. The van der Waals surface area contributed by atoms with Gasteiger partial charge in [-0.3, -0.25) is 0 Å². The van der Waals surface area contributed by atoms with Crippen LogP contribution in [0.15, 0.2) is 36.1 Å². The molecule has 0 N–H and O–H groups in total. The predicted molar refractivity (Wildman–Crippen MR) is 134 cm³/mol. The smallest absolute Gasteiger partial charge is 0.417 e. The zero-order chi connectivity index (χ0) is 26.2. The lowest BCUT2D eigenvalue weighted by Gasteiger charge is -2.41. The van der Waals surface area contributed by atoms with E-state index in [1.165, 1.54) is 16.7 Å². The molecule has 196 valence electrons. The third-order valence-electron chi connectivity index (χ3n) is 7.37. The summed E-state index contributed by atoms with van der Waals surface area (Å²) in [5.74, 6) is 0.0180. The Balaban J connectivity index is 1.36. The highest BCUT2D eigenvalue weighted by Crippen LogP contribution is 2.36. The van der Waals surface area contributed by atoms with Crippen LogP contribution in [0.4, 0.5) is 24.8 Å². The second kappa shape index (κ2) is 10.1. The average molecular weight is 514 g/mol. The Labute approximate surface area is 214 Å². The number of esters is 1. The van der Waals surface area contributed by atoms with Crippen LogP contribution in [0.25, 0.3) is 0 Å². The van der Waals surface area contributed by atoms with Gasteiger partial charge in [0.2, 0.25) is 0 Å². The average Bonchev–Trinajstić information content (AvgIpc) is 3.39. The van der Waals surface area contributed by atoms with Crippen LogP contribution in [-0.4, -0.2) is 53.9 Å². The molecule has 0 unspecified atom stereocenters. The molecule has 1 fully saturated rings. The van der Waals surface area contributed by atoms with Gasteiger partial charge in [-0.1, -0.05) is 18.2 Å². The van der Waals surface area contributed by atoms with Crippen molar-refractivity contribution in [2.45, 2.75) is 57.7 Å². The molecule has 3 heterocycles. The molecular weight excluding hydrogens is 483 g/mol. The number of ether oxygens (including phenoxy) is 1. The minimum atomic E-state index is -4.70. The highest BCUT2D eigenvalue weighted by molar-refractivity contribution is 5.91. The van der Waals surface area contributed by atoms with Gasteiger partial charge in [0, 0.05) is 43.9 Å². The van der Waals surface area contributed by atoms with E-state index >= 15 is 0 Å². The van der Waals surface area contributed by atoms with E-state index in [1.807, 2.05) is 11.8 Å². The zero-order valence-electron chi connectivity index (χ0n) is 21.0. The first kappa shape index (κ1) is 25.2. The molecule has 0 aromatic carbocycles. The molecule has 0 bridgehead atoms. The minimum Gasteiger partial charge on any atom is -0.465 e. The number of carbonyl (C=O) groups is 1. The molecule has 3 aliphatic rings. The molecule has 0 radical (unpaired) electrons. The third kappa shape index (κ3) is 5.06. The number of pyridine rings is 1. The van der Waals surface area contributed by atoms with Gasteiger partial charge in [0.25, 0.3) is 0 Å². The topological polar surface area (TPSA) is 71.5 Å². The van der Waals surface area contributed by atoms with E-state index in [9.17, 15) is 18.0 Å².